The van der Waals surface area contributed by atoms with Crippen LogP contribution in [0.2, 0.25) is 0 Å². The first kappa shape index (κ1) is 19.2. The number of benzene rings is 1. The van der Waals surface area contributed by atoms with Gasteiger partial charge in [0.15, 0.2) is 0 Å². The summed E-state index contributed by atoms with van der Waals surface area (Å²) >= 11 is 0. The molecule has 0 radical (unpaired) electrons. The van der Waals surface area contributed by atoms with Gasteiger partial charge in [0, 0.05) is 36.9 Å². The molecule has 0 unspecified atom stereocenters. The second kappa shape index (κ2) is 8.86. The SMILES string of the molecule is Cc1cc(C)c(CNC(=O)NC2CCN(Cc3ccccc3)CC2)c(=O)[nH]1. The van der Waals surface area contributed by atoms with Crippen LogP contribution >= 0.6 is 0 Å². The van der Waals surface area contributed by atoms with E-state index in [9.17, 15) is 9.59 Å². The van der Waals surface area contributed by atoms with Gasteiger partial charge in [-0.3, -0.25) is 9.69 Å². The molecule has 6 nitrogen and oxygen atoms in total. The molecule has 3 rings (SSSR count). The number of aromatic amines is 1. The van der Waals surface area contributed by atoms with Crippen molar-refractivity contribution in [3.63, 3.8) is 0 Å². The highest BCUT2D eigenvalue weighted by Gasteiger charge is 2.20. The smallest absolute Gasteiger partial charge is 0.315 e. The molecular formula is C21H28N4O2. The first-order valence-electron chi connectivity index (χ1n) is 9.51. The lowest BCUT2D eigenvalue weighted by Gasteiger charge is -2.32. The summed E-state index contributed by atoms with van der Waals surface area (Å²) < 4.78 is 0. The Morgan fingerprint density at radius 3 is 2.56 bits per heavy atom. The molecule has 1 aliphatic rings. The van der Waals surface area contributed by atoms with Crippen LogP contribution in [-0.2, 0) is 13.1 Å². The number of hydrogen-bond acceptors (Lipinski definition) is 3. The molecule has 0 spiro atoms. The molecule has 0 saturated carbocycles. The third-order valence-corrected chi connectivity index (χ3v) is 5.09. The Balaban J connectivity index is 1.43. The number of likely N-dealkylation sites (tertiary alicyclic amines) is 1. The highest BCUT2D eigenvalue weighted by molar-refractivity contribution is 5.74. The number of rotatable bonds is 5. The summed E-state index contributed by atoms with van der Waals surface area (Å²) in [7, 11) is 0. The number of nitrogens with one attached hydrogen (secondary N) is 3. The fourth-order valence-electron chi connectivity index (χ4n) is 3.58. The average molecular weight is 368 g/mol. The minimum absolute atomic E-state index is 0.137. The lowest BCUT2D eigenvalue weighted by Crippen LogP contribution is -2.47. The van der Waals surface area contributed by atoms with E-state index in [1.54, 1.807) is 0 Å². The summed E-state index contributed by atoms with van der Waals surface area (Å²) in [6.45, 7) is 6.87. The molecule has 1 aliphatic heterocycles. The molecule has 0 atom stereocenters. The molecule has 2 amide bonds. The van der Waals surface area contributed by atoms with Gasteiger partial charge < -0.3 is 15.6 Å². The third kappa shape index (κ3) is 5.44. The number of amides is 2. The van der Waals surface area contributed by atoms with Crippen molar-refractivity contribution in [3.05, 3.63) is 69.1 Å². The van der Waals surface area contributed by atoms with E-state index in [-0.39, 0.29) is 24.2 Å². The highest BCUT2D eigenvalue weighted by Crippen LogP contribution is 2.13. The molecular weight excluding hydrogens is 340 g/mol. The maximum atomic E-state index is 12.2. The van der Waals surface area contributed by atoms with Crippen molar-refractivity contribution in [2.75, 3.05) is 13.1 Å². The zero-order chi connectivity index (χ0) is 19.2. The number of carbonyl (C=O) groups is 1. The van der Waals surface area contributed by atoms with E-state index < -0.39 is 0 Å². The minimum Gasteiger partial charge on any atom is -0.335 e. The zero-order valence-corrected chi connectivity index (χ0v) is 16.0. The monoisotopic (exact) mass is 368 g/mol. The van der Waals surface area contributed by atoms with Crippen molar-refractivity contribution in [2.24, 2.45) is 0 Å². The summed E-state index contributed by atoms with van der Waals surface area (Å²) in [5, 5.41) is 5.85. The first-order chi connectivity index (χ1) is 13.0. The fourth-order valence-corrected chi connectivity index (χ4v) is 3.58. The van der Waals surface area contributed by atoms with Crippen molar-refractivity contribution >= 4 is 6.03 Å². The molecule has 2 heterocycles. The first-order valence-corrected chi connectivity index (χ1v) is 9.51. The van der Waals surface area contributed by atoms with Crippen molar-refractivity contribution in [3.8, 4) is 0 Å². The maximum absolute atomic E-state index is 12.2. The lowest BCUT2D eigenvalue weighted by atomic mass is 10.0. The highest BCUT2D eigenvalue weighted by atomic mass is 16.2. The third-order valence-electron chi connectivity index (χ3n) is 5.09. The van der Waals surface area contributed by atoms with E-state index >= 15 is 0 Å². The summed E-state index contributed by atoms with van der Waals surface area (Å²) in [4.78, 5) is 29.4. The van der Waals surface area contributed by atoms with Crippen molar-refractivity contribution in [2.45, 2.75) is 45.8 Å². The number of hydrogen-bond donors (Lipinski definition) is 3. The molecule has 1 saturated heterocycles. The molecule has 1 aromatic carbocycles. The summed E-state index contributed by atoms with van der Waals surface area (Å²) in [5.41, 5.74) is 3.51. The fraction of sp³-hybridized carbons (Fsp3) is 0.429. The van der Waals surface area contributed by atoms with Gasteiger partial charge in [0.1, 0.15) is 0 Å². The number of carbonyl (C=O) groups excluding carboxylic acids is 1. The molecule has 0 aliphatic carbocycles. The molecule has 1 aromatic heterocycles. The minimum atomic E-state index is -0.212. The Hall–Kier alpha value is -2.60. The van der Waals surface area contributed by atoms with E-state index in [1.165, 1.54) is 5.56 Å². The normalized spacial score (nSPS) is 15.5. The summed E-state index contributed by atoms with van der Waals surface area (Å²) in [5.74, 6) is 0. The van der Waals surface area contributed by atoms with Gasteiger partial charge in [-0.05, 0) is 43.9 Å². The van der Waals surface area contributed by atoms with Crippen LogP contribution < -0.4 is 16.2 Å². The molecule has 144 valence electrons. The number of piperidine rings is 1. The Labute approximate surface area is 160 Å². The standard InChI is InChI=1S/C21H28N4O2/c1-15-12-16(2)23-20(26)19(15)13-22-21(27)24-18-8-10-25(11-9-18)14-17-6-4-3-5-7-17/h3-7,12,18H,8-11,13-14H2,1-2H3,(H,23,26)(H2,22,24,27). The average Bonchev–Trinajstić information content (AvgIpc) is 2.63. The van der Waals surface area contributed by atoms with E-state index in [2.05, 4.69) is 44.8 Å². The van der Waals surface area contributed by atoms with E-state index in [0.717, 1.165) is 43.7 Å². The van der Waals surface area contributed by atoms with Gasteiger partial charge in [-0.25, -0.2) is 4.79 Å². The number of aryl methyl sites for hydroxylation is 2. The van der Waals surface area contributed by atoms with Gasteiger partial charge in [-0.1, -0.05) is 30.3 Å². The largest absolute Gasteiger partial charge is 0.335 e. The Kier molecular flexibility index (Phi) is 6.29. The van der Waals surface area contributed by atoms with Crippen LogP contribution in [0.1, 0.15) is 35.2 Å². The van der Waals surface area contributed by atoms with Crippen LogP contribution in [-0.4, -0.2) is 35.0 Å². The van der Waals surface area contributed by atoms with Crippen molar-refractivity contribution < 1.29 is 4.79 Å². The number of urea groups is 1. The van der Waals surface area contributed by atoms with Crippen molar-refractivity contribution in [1.29, 1.82) is 0 Å². The second-order valence-corrected chi connectivity index (χ2v) is 7.31. The van der Waals surface area contributed by atoms with Crippen LogP contribution in [0.25, 0.3) is 0 Å². The van der Waals surface area contributed by atoms with Gasteiger partial charge in [-0.15, -0.1) is 0 Å². The molecule has 0 bridgehead atoms. The Morgan fingerprint density at radius 2 is 1.89 bits per heavy atom. The number of H-pyrrole nitrogens is 1. The quantitative estimate of drug-likeness (QED) is 0.759. The van der Waals surface area contributed by atoms with Crippen LogP contribution in [0.5, 0.6) is 0 Å². The topological polar surface area (TPSA) is 77.2 Å². The van der Waals surface area contributed by atoms with Crippen LogP contribution in [0.3, 0.4) is 0 Å². The summed E-state index contributed by atoms with van der Waals surface area (Å²) in [6, 6.07) is 12.3. The van der Waals surface area contributed by atoms with Gasteiger partial charge in [0.25, 0.3) is 5.56 Å². The van der Waals surface area contributed by atoms with Crippen LogP contribution in [0.15, 0.2) is 41.2 Å². The van der Waals surface area contributed by atoms with E-state index in [1.807, 2.05) is 26.0 Å². The Bertz CT molecular complexity index is 824. The molecule has 2 aromatic rings. The zero-order valence-electron chi connectivity index (χ0n) is 16.0. The van der Waals surface area contributed by atoms with Crippen LogP contribution in [0.4, 0.5) is 4.79 Å². The lowest BCUT2D eigenvalue weighted by molar-refractivity contribution is 0.186. The van der Waals surface area contributed by atoms with Gasteiger partial charge >= 0.3 is 6.03 Å². The number of nitrogens with zero attached hydrogens (tertiary/aromatic N) is 1. The Morgan fingerprint density at radius 1 is 1.19 bits per heavy atom. The second-order valence-electron chi connectivity index (χ2n) is 7.31. The number of aromatic nitrogens is 1. The molecule has 6 heteroatoms. The maximum Gasteiger partial charge on any atom is 0.315 e. The summed E-state index contributed by atoms with van der Waals surface area (Å²) in [6.07, 6.45) is 1.87. The predicted octanol–water partition coefficient (Wildman–Crippen LogP) is 2.46. The molecule has 3 N–H and O–H groups in total. The predicted molar refractivity (Wildman–Crippen MR) is 107 cm³/mol. The molecule has 1 fully saturated rings. The number of pyridine rings is 1. The van der Waals surface area contributed by atoms with Gasteiger partial charge in [0.2, 0.25) is 0 Å². The van der Waals surface area contributed by atoms with E-state index in [0.29, 0.717) is 5.56 Å². The van der Waals surface area contributed by atoms with Gasteiger partial charge in [0.05, 0.1) is 6.54 Å². The molecule has 27 heavy (non-hydrogen) atoms. The van der Waals surface area contributed by atoms with E-state index in [4.69, 9.17) is 0 Å². The van der Waals surface area contributed by atoms with Crippen molar-refractivity contribution in [1.82, 2.24) is 20.5 Å². The van der Waals surface area contributed by atoms with Gasteiger partial charge in [-0.2, -0.15) is 0 Å². The van der Waals surface area contributed by atoms with Crippen LogP contribution in [0, 0.1) is 13.8 Å².